The van der Waals surface area contributed by atoms with Gasteiger partial charge in [-0.1, -0.05) is 29.8 Å². The van der Waals surface area contributed by atoms with E-state index in [9.17, 15) is 4.79 Å². The number of hydrogen-bond donors (Lipinski definition) is 1. The lowest BCUT2D eigenvalue weighted by atomic mass is 10.1. The van der Waals surface area contributed by atoms with Crippen LogP contribution in [0, 0.1) is 6.92 Å². The fourth-order valence-electron chi connectivity index (χ4n) is 2.84. The Bertz CT molecular complexity index is 1080. The van der Waals surface area contributed by atoms with E-state index in [1.165, 1.54) is 0 Å². The maximum Gasteiger partial charge on any atom is 0.343 e. The van der Waals surface area contributed by atoms with Gasteiger partial charge >= 0.3 is 5.97 Å². The highest BCUT2D eigenvalue weighted by atomic mass is 16.6. The quantitative estimate of drug-likeness (QED) is 0.422. The van der Waals surface area contributed by atoms with Crippen molar-refractivity contribution in [1.82, 2.24) is 9.97 Å². The van der Waals surface area contributed by atoms with Crippen molar-refractivity contribution < 1.29 is 14.3 Å². The molecule has 1 N–H and O–H groups in total. The van der Waals surface area contributed by atoms with Crippen molar-refractivity contribution in [2.45, 2.75) is 6.92 Å². The number of hydrogen-bond acceptors (Lipinski definition) is 4. The number of rotatable bonds is 4. The Morgan fingerprint density at radius 1 is 0.963 bits per heavy atom. The summed E-state index contributed by atoms with van der Waals surface area (Å²) in [6.45, 7) is 1.97. The second-order valence-corrected chi connectivity index (χ2v) is 6.22. The van der Waals surface area contributed by atoms with E-state index in [1.54, 1.807) is 31.4 Å². The van der Waals surface area contributed by atoms with Gasteiger partial charge in [-0.3, -0.25) is 0 Å². The van der Waals surface area contributed by atoms with Gasteiger partial charge in [-0.15, -0.1) is 0 Å². The number of imidazole rings is 1. The van der Waals surface area contributed by atoms with E-state index in [1.807, 2.05) is 49.4 Å². The number of aryl methyl sites for hydroxylation is 1. The lowest BCUT2D eigenvalue weighted by Gasteiger charge is -2.10. The van der Waals surface area contributed by atoms with Gasteiger partial charge in [0.1, 0.15) is 5.82 Å². The Kier molecular flexibility index (Phi) is 4.34. The van der Waals surface area contributed by atoms with Gasteiger partial charge in [0, 0.05) is 5.56 Å². The van der Waals surface area contributed by atoms with Crippen molar-refractivity contribution in [2.24, 2.45) is 0 Å². The number of aromatic nitrogens is 2. The number of benzene rings is 3. The van der Waals surface area contributed by atoms with Crippen molar-refractivity contribution in [2.75, 3.05) is 7.11 Å². The molecule has 1 heterocycles. The second kappa shape index (κ2) is 6.96. The molecule has 0 aliphatic rings. The van der Waals surface area contributed by atoms with Gasteiger partial charge in [0.25, 0.3) is 0 Å². The van der Waals surface area contributed by atoms with Crippen molar-refractivity contribution in [3.05, 3.63) is 77.9 Å². The lowest BCUT2D eigenvalue weighted by molar-refractivity contribution is 0.0730. The van der Waals surface area contributed by atoms with Crippen molar-refractivity contribution in [3.63, 3.8) is 0 Å². The molecular formula is C22H18N2O3. The van der Waals surface area contributed by atoms with E-state index in [0.29, 0.717) is 17.1 Å². The molecule has 0 radical (unpaired) electrons. The molecule has 0 amide bonds. The van der Waals surface area contributed by atoms with Crippen LogP contribution in [0.15, 0.2) is 66.7 Å². The summed E-state index contributed by atoms with van der Waals surface area (Å²) >= 11 is 0. The molecule has 1 aromatic heterocycles. The first-order chi connectivity index (χ1) is 13.1. The molecule has 0 aliphatic heterocycles. The van der Waals surface area contributed by atoms with Crippen LogP contribution < -0.4 is 9.47 Å². The minimum absolute atomic E-state index is 0.364. The number of fused-ring (bicyclic) bond motifs is 1. The van der Waals surface area contributed by atoms with Crippen LogP contribution in [0.5, 0.6) is 11.5 Å². The molecule has 0 bridgehead atoms. The molecule has 4 aromatic rings. The predicted molar refractivity (Wildman–Crippen MR) is 104 cm³/mol. The summed E-state index contributed by atoms with van der Waals surface area (Å²) in [5, 5.41) is 0. The second-order valence-electron chi connectivity index (χ2n) is 6.22. The standard InChI is InChI=1S/C22H18N2O3/c1-14-7-9-15(10-8-14)22(25)27-19-12-11-16(13-20(19)26-2)21-23-17-5-3-4-6-18(17)24-21/h3-13H,1-2H3,(H,23,24). The van der Waals surface area contributed by atoms with Gasteiger partial charge in [-0.2, -0.15) is 0 Å². The average molecular weight is 358 g/mol. The largest absolute Gasteiger partial charge is 0.493 e. The molecule has 5 nitrogen and oxygen atoms in total. The van der Waals surface area contributed by atoms with Crippen molar-refractivity contribution >= 4 is 17.0 Å². The molecule has 3 aromatic carbocycles. The number of nitrogens with one attached hydrogen (secondary N) is 1. The molecule has 0 saturated heterocycles. The third-order valence-corrected chi connectivity index (χ3v) is 4.32. The lowest BCUT2D eigenvalue weighted by Crippen LogP contribution is -2.09. The highest BCUT2D eigenvalue weighted by Gasteiger charge is 2.14. The maximum atomic E-state index is 12.4. The van der Waals surface area contributed by atoms with E-state index in [4.69, 9.17) is 9.47 Å². The number of methoxy groups -OCH3 is 1. The number of nitrogens with zero attached hydrogens (tertiary/aromatic N) is 1. The van der Waals surface area contributed by atoms with E-state index in [-0.39, 0.29) is 0 Å². The fourth-order valence-corrected chi connectivity index (χ4v) is 2.84. The number of carbonyl (C=O) groups is 1. The summed E-state index contributed by atoms with van der Waals surface area (Å²) in [7, 11) is 1.54. The van der Waals surface area contributed by atoms with Crippen LogP contribution in [0.4, 0.5) is 0 Å². The average Bonchev–Trinajstić information content (AvgIpc) is 3.13. The van der Waals surface area contributed by atoms with E-state index in [0.717, 1.165) is 28.0 Å². The first kappa shape index (κ1) is 16.8. The highest BCUT2D eigenvalue weighted by molar-refractivity contribution is 5.91. The molecule has 0 unspecified atom stereocenters. The zero-order valence-electron chi connectivity index (χ0n) is 15.0. The zero-order valence-corrected chi connectivity index (χ0v) is 15.0. The van der Waals surface area contributed by atoms with Gasteiger partial charge in [0.15, 0.2) is 11.5 Å². The number of para-hydroxylation sites is 2. The monoisotopic (exact) mass is 358 g/mol. The number of ether oxygens (including phenoxy) is 2. The zero-order chi connectivity index (χ0) is 18.8. The summed E-state index contributed by atoms with van der Waals surface area (Å²) in [6, 6.07) is 20.4. The van der Waals surface area contributed by atoms with Crippen LogP contribution in [0.25, 0.3) is 22.4 Å². The minimum atomic E-state index is -0.426. The Morgan fingerprint density at radius 3 is 2.48 bits per heavy atom. The minimum Gasteiger partial charge on any atom is -0.493 e. The summed E-state index contributed by atoms with van der Waals surface area (Å²) < 4.78 is 10.9. The Morgan fingerprint density at radius 2 is 1.74 bits per heavy atom. The van der Waals surface area contributed by atoms with Gasteiger partial charge in [0.05, 0.1) is 23.7 Å². The van der Waals surface area contributed by atoms with Crippen LogP contribution in [-0.2, 0) is 0 Å². The molecule has 5 heteroatoms. The third-order valence-electron chi connectivity index (χ3n) is 4.32. The first-order valence-corrected chi connectivity index (χ1v) is 8.56. The van der Waals surface area contributed by atoms with Gasteiger partial charge < -0.3 is 14.5 Å². The number of H-pyrrole nitrogens is 1. The van der Waals surface area contributed by atoms with E-state index in [2.05, 4.69) is 9.97 Å². The molecule has 0 saturated carbocycles. The maximum absolute atomic E-state index is 12.4. The van der Waals surface area contributed by atoms with Gasteiger partial charge in [0.2, 0.25) is 0 Å². The Hall–Kier alpha value is -3.60. The topological polar surface area (TPSA) is 64.2 Å². The summed E-state index contributed by atoms with van der Waals surface area (Å²) in [6.07, 6.45) is 0. The third kappa shape index (κ3) is 3.40. The smallest absolute Gasteiger partial charge is 0.343 e. The Balaban J connectivity index is 1.63. The molecule has 0 atom stereocenters. The van der Waals surface area contributed by atoms with E-state index < -0.39 is 5.97 Å². The van der Waals surface area contributed by atoms with Crippen LogP contribution in [0.2, 0.25) is 0 Å². The Labute approximate surface area is 156 Å². The molecule has 27 heavy (non-hydrogen) atoms. The van der Waals surface area contributed by atoms with Crippen molar-refractivity contribution in [3.8, 4) is 22.9 Å². The SMILES string of the molecule is COc1cc(-c2nc3ccccc3[nH]2)ccc1OC(=O)c1ccc(C)cc1. The van der Waals surface area contributed by atoms with Gasteiger partial charge in [-0.05, 0) is 49.4 Å². The van der Waals surface area contributed by atoms with Crippen molar-refractivity contribution in [1.29, 1.82) is 0 Å². The summed E-state index contributed by atoms with van der Waals surface area (Å²) in [4.78, 5) is 20.2. The van der Waals surface area contributed by atoms with Crippen LogP contribution in [0.3, 0.4) is 0 Å². The van der Waals surface area contributed by atoms with Gasteiger partial charge in [-0.25, -0.2) is 9.78 Å². The van der Waals surface area contributed by atoms with E-state index >= 15 is 0 Å². The van der Waals surface area contributed by atoms with Crippen LogP contribution in [-0.4, -0.2) is 23.0 Å². The first-order valence-electron chi connectivity index (χ1n) is 8.56. The fraction of sp³-hybridized carbons (Fsp3) is 0.0909. The normalized spacial score (nSPS) is 10.7. The molecule has 0 aliphatic carbocycles. The molecule has 0 spiro atoms. The van der Waals surface area contributed by atoms with Crippen LogP contribution >= 0.6 is 0 Å². The molecule has 0 fully saturated rings. The molecule has 134 valence electrons. The number of esters is 1. The predicted octanol–water partition coefficient (Wildman–Crippen LogP) is 4.77. The highest BCUT2D eigenvalue weighted by Crippen LogP contribution is 2.32. The molecular weight excluding hydrogens is 340 g/mol. The summed E-state index contributed by atoms with van der Waals surface area (Å²) in [5.41, 5.74) is 4.27. The molecule has 4 rings (SSSR count). The van der Waals surface area contributed by atoms with Crippen LogP contribution in [0.1, 0.15) is 15.9 Å². The summed E-state index contributed by atoms with van der Waals surface area (Å²) in [5.74, 6) is 1.13. The number of aromatic amines is 1. The number of carbonyl (C=O) groups excluding carboxylic acids is 1.